The molecule has 0 unspecified atom stereocenters. The highest BCUT2D eigenvalue weighted by atomic mass is 16.5. The zero-order valence-corrected chi connectivity index (χ0v) is 8.24. The van der Waals surface area contributed by atoms with Crippen molar-refractivity contribution >= 4 is 0 Å². The molecule has 7 heteroatoms. The molecule has 1 aliphatic rings. The van der Waals surface area contributed by atoms with E-state index in [1.54, 1.807) is 0 Å². The summed E-state index contributed by atoms with van der Waals surface area (Å²) in [6.07, 6.45) is 0.103. The number of hydrogen-bond donors (Lipinski definition) is 3. The van der Waals surface area contributed by atoms with E-state index in [2.05, 4.69) is 4.98 Å². The van der Waals surface area contributed by atoms with Crippen molar-refractivity contribution in [3.63, 3.8) is 0 Å². The molecule has 1 aromatic rings. The second-order valence-corrected chi connectivity index (χ2v) is 3.45. The molecule has 16 heavy (non-hydrogen) atoms. The topological polar surface area (TPSA) is 105 Å². The molecule has 7 nitrogen and oxygen atoms in total. The van der Waals surface area contributed by atoms with E-state index in [-0.39, 0.29) is 6.61 Å². The number of aromatic nitrogens is 2. The number of rotatable bonds is 2. The summed E-state index contributed by atoms with van der Waals surface area (Å²) in [4.78, 5) is 24.3. The lowest BCUT2D eigenvalue weighted by molar-refractivity contribution is -0.0528. The Labute approximate surface area is 89.9 Å². The fraction of sp³-hybridized carbons (Fsp3) is 0.444. The van der Waals surface area contributed by atoms with Crippen molar-refractivity contribution in [3.05, 3.63) is 39.5 Å². The standard InChI is InChI=1S/C9H11N2O5/c12-4-5-3-6(13)8(16-5)11-2-1-7(14)10-9(11)15/h1-3,5-6,8,12-13H,4H2,(H,10,14,15)/t5-,6+,8+/m0/s1. The summed E-state index contributed by atoms with van der Waals surface area (Å²) in [7, 11) is 0. The van der Waals surface area contributed by atoms with Crippen LogP contribution in [0.2, 0.25) is 0 Å². The second kappa shape index (κ2) is 4.20. The van der Waals surface area contributed by atoms with Crippen LogP contribution in [-0.4, -0.2) is 38.6 Å². The molecule has 2 rings (SSSR count). The van der Waals surface area contributed by atoms with Crippen molar-refractivity contribution in [2.75, 3.05) is 6.61 Å². The summed E-state index contributed by atoms with van der Waals surface area (Å²) >= 11 is 0. The fourth-order valence-electron chi connectivity index (χ4n) is 1.58. The van der Waals surface area contributed by atoms with Gasteiger partial charge in [-0.2, -0.15) is 0 Å². The molecule has 0 aliphatic carbocycles. The predicted molar refractivity (Wildman–Crippen MR) is 52.6 cm³/mol. The SMILES string of the molecule is O=c1ccn([C@@H]2O[C@H](CO)[CH][C@H]2O)c(=O)[nH]1. The van der Waals surface area contributed by atoms with Crippen LogP contribution in [0.25, 0.3) is 0 Å². The number of ether oxygens (including phenoxy) is 1. The van der Waals surface area contributed by atoms with E-state index in [9.17, 15) is 14.7 Å². The van der Waals surface area contributed by atoms with E-state index in [4.69, 9.17) is 9.84 Å². The highest BCUT2D eigenvalue weighted by Gasteiger charge is 2.35. The Morgan fingerprint density at radius 1 is 1.50 bits per heavy atom. The number of aromatic amines is 1. The maximum Gasteiger partial charge on any atom is 0.330 e. The van der Waals surface area contributed by atoms with Crippen LogP contribution in [0.5, 0.6) is 0 Å². The molecule has 1 saturated heterocycles. The largest absolute Gasteiger partial charge is 0.394 e. The highest BCUT2D eigenvalue weighted by Crippen LogP contribution is 2.26. The van der Waals surface area contributed by atoms with Gasteiger partial charge in [0.05, 0.1) is 12.7 Å². The first-order valence-corrected chi connectivity index (χ1v) is 4.72. The van der Waals surface area contributed by atoms with Crippen molar-refractivity contribution in [1.82, 2.24) is 9.55 Å². The Bertz CT molecular complexity index is 479. The number of nitrogens with one attached hydrogen (secondary N) is 1. The number of aliphatic hydroxyl groups is 2. The van der Waals surface area contributed by atoms with Gasteiger partial charge >= 0.3 is 5.69 Å². The first kappa shape index (κ1) is 11.1. The lowest BCUT2D eigenvalue weighted by Gasteiger charge is -2.16. The Morgan fingerprint density at radius 2 is 2.25 bits per heavy atom. The van der Waals surface area contributed by atoms with Gasteiger partial charge < -0.3 is 14.9 Å². The zero-order chi connectivity index (χ0) is 11.7. The summed E-state index contributed by atoms with van der Waals surface area (Å²) in [6, 6.07) is 1.16. The van der Waals surface area contributed by atoms with Crippen molar-refractivity contribution in [2.24, 2.45) is 0 Å². The third kappa shape index (κ3) is 1.92. The lowest BCUT2D eigenvalue weighted by atomic mass is 10.2. The van der Waals surface area contributed by atoms with Crippen LogP contribution >= 0.6 is 0 Å². The molecule has 0 saturated carbocycles. The molecule has 1 aliphatic heterocycles. The van der Waals surface area contributed by atoms with E-state index in [1.165, 1.54) is 12.6 Å². The molecule has 1 aromatic heterocycles. The molecule has 3 atom stereocenters. The fourth-order valence-corrected chi connectivity index (χ4v) is 1.58. The molecule has 0 amide bonds. The van der Waals surface area contributed by atoms with Crippen LogP contribution in [0.3, 0.4) is 0 Å². The Morgan fingerprint density at radius 3 is 2.81 bits per heavy atom. The van der Waals surface area contributed by atoms with E-state index in [0.29, 0.717) is 0 Å². The summed E-state index contributed by atoms with van der Waals surface area (Å²) < 4.78 is 6.28. The van der Waals surface area contributed by atoms with Crippen molar-refractivity contribution in [3.8, 4) is 0 Å². The first-order valence-electron chi connectivity index (χ1n) is 4.72. The third-order valence-electron chi connectivity index (χ3n) is 2.32. The molecular formula is C9H11N2O5. The third-order valence-corrected chi connectivity index (χ3v) is 2.32. The van der Waals surface area contributed by atoms with Crippen LogP contribution < -0.4 is 11.2 Å². The summed E-state index contributed by atoms with van der Waals surface area (Å²) in [5, 5.41) is 18.4. The Hall–Kier alpha value is -1.44. The molecule has 0 aromatic carbocycles. The molecule has 3 N–H and O–H groups in total. The maximum absolute atomic E-state index is 11.4. The average Bonchev–Trinajstić information content (AvgIpc) is 2.60. The summed E-state index contributed by atoms with van der Waals surface area (Å²) in [5.74, 6) is 0. The Kier molecular flexibility index (Phi) is 2.90. The van der Waals surface area contributed by atoms with Crippen LogP contribution in [0, 0.1) is 6.42 Å². The quantitative estimate of drug-likeness (QED) is 0.541. The van der Waals surface area contributed by atoms with Gasteiger partial charge in [-0.15, -0.1) is 0 Å². The molecule has 87 valence electrons. The van der Waals surface area contributed by atoms with Gasteiger partial charge in [-0.05, 0) is 0 Å². The number of nitrogens with zero attached hydrogens (tertiary/aromatic N) is 1. The van der Waals surface area contributed by atoms with Crippen LogP contribution in [0.4, 0.5) is 0 Å². The number of hydrogen-bond acceptors (Lipinski definition) is 5. The smallest absolute Gasteiger partial charge is 0.330 e. The molecule has 0 bridgehead atoms. The molecule has 1 fully saturated rings. The van der Waals surface area contributed by atoms with E-state index >= 15 is 0 Å². The van der Waals surface area contributed by atoms with Gasteiger partial charge in [0.1, 0.15) is 6.10 Å². The van der Waals surface area contributed by atoms with Gasteiger partial charge in [-0.1, -0.05) is 0 Å². The monoisotopic (exact) mass is 227 g/mol. The predicted octanol–water partition coefficient (Wildman–Crippen LogP) is -2.01. The van der Waals surface area contributed by atoms with E-state index in [1.807, 2.05) is 0 Å². The van der Waals surface area contributed by atoms with Gasteiger partial charge in [0, 0.05) is 18.7 Å². The van der Waals surface area contributed by atoms with Gasteiger partial charge in [0.25, 0.3) is 5.56 Å². The maximum atomic E-state index is 11.4. The molecular weight excluding hydrogens is 216 g/mol. The Balaban J connectivity index is 2.31. The minimum atomic E-state index is -0.999. The highest BCUT2D eigenvalue weighted by molar-refractivity contribution is 4.97. The number of H-pyrrole nitrogens is 1. The summed E-state index contributed by atoms with van der Waals surface area (Å²) in [6.45, 7) is -0.272. The van der Waals surface area contributed by atoms with Crippen LogP contribution in [-0.2, 0) is 4.74 Å². The normalized spacial score (nSPS) is 29.5. The van der Waals surface area contributed by atoms with E-state index < -0.39 is 29.7 Å². The van der Waals surface area contributed by atoms with Crippen molar-refractivity contribution in [1.29, 1.82) is 0 Å². The van der Waals surface area contributed by atoms with Gasteiger partial charge in [0.15, 0.2) is 6.23 Å². The number of aliphatic hydroxyl groups excluding tert-OH is 2. The minimum Gasteiger partial charge on any atom is -0.394 e. The molecule has 2 heterocycles. The average molecular weight is 227 g/mol. The van der Waals surface area contributed by atoms with E-state index in [0.717, 1.165) is 10.6 Å². The minimum absolute atomic E-state index is 0.272. The van der Waals surface area contributed by atoms with Crippen LogP contribution in [0.15, 0.2) is 21.9 Å². The lowest BCUT2D eigenvalue weighted by Crippen LogP contribution is -2.35. The van der Waals surface area contributed by atoms with Crippen molar-refractivity contribution < 1.29 is 14.9 Å². The van der Waals surface area contributed by atoms with Gasteiger partial charge in [-0.25, -0.2) is 4.79 Å². The zero-order valence-electron chi connectivity index (χ0n) is 8.24. The second-order valence-electron chi connectivity index (χ2n) is 3.45. The van der Waals surface area contributed by atoms with Crippen molar-refractivity contribution in [2.45, 2.75) is 18.4 Å². The van der Waals surface area contributed by atoms with Gasteiger partial charge in [-0.3, -0.25) is 14.3 Å². The molecule has 1 radical (unpaired) electrons. The first-order chi connectivity index (χ1) is 7.61. The van der Waals surface area contributed by atoms with Gasteiger partial charge in [0.2, 0.25) is 0 Å². The molecule has 0 spiro atoms. The summed E-state index contributed by atoms with van der Waals surface area (Å²) in [5.41, 5.74) is -1.18. The van der Waals surface area contributed by atoms with Crippen LogP contribution in [0.1, 0.15) is 6.23 Å².